The molecule has 8 heterocycles. The fourth-order valence-corrected chi connectivity index (χ4v) is 7.47. The van der Waals surface area contributed by atoms with Gasteiger partial charge in [-0.15, -0.1) is 0 Å². The number of fused-ring (bicyclic) bond motifs is 2. The Bertz CT molecular complexity index is 2040. The summed E-state index contributed by atoms with van der Waals surface area (Å²) in [7, 11) is 0. The average molecular weight is 898 g/mol. The van der Waals surface area contributed by atoms with E-state index < -0.39 is 11.2 Å². The molecule has 1 N–H and O–H groups in total. The van der Waals surface area contributed by atoms with Gasteiger partial charge in [0.1, 0.15) is 27.3 Å². The lowest BCUT2D eigenvalue weighted by atomic mass is 10.0. The second kappa shape index (κ2) is 20.5. The third-order valence-electron chi connectivity index (χ3n) is 9.79. The first-order chi connectivity index (χ1) is 28.0. The summed E-state index contributed by atoms with van der Waals surface area (Å²) in [6, 6.07) is 3.33. The van der Waals surface area contributed by atoms with Gasteiger partial charge < -0.3 is 38.6 Å². The van der Waals surface area contributed by atoms with E-state index in [4.69, 9.17) is 63.6 Å². The van der Waals surface area contributed by atoms with Gasteiger partial charge in [-0.25, -0.2) is 28.9 Å². The van der Waals surface area contributed by atoms with Crippen LogP contribution in [-0.4, -0.2) is 120 Å². The zero-order valence-corrected chi connectivity index (χ0v) is 36.8. The number of nitrogens with zero attached hydrogens (tertiary/aromatic N) is 8. The topological polar surface area (TPSA) is 168 Å². The minimum atomic E-state index is -0.486. The molecule has 8 rings (SSSR count). The van der Waals surface area contributed by atoms with Gasteiger partial charge in [0.15, 0.2) is 23.8 Å². The molecule has 332 valence electrons. The molecule has 0 radical (unpaired) electrons. The summed E-state index contributed by atoms with van der Waals surface area (Å²) in [5, 5.41) is 20.4. The number of pyridine rings is 2. The van der Waals surface area contributed by atoms with E-state index >= 15 is 0 Å². The number of halogens is 3. The quantitative estimate of drug-likeness (QED) is 0.183. The molecule has 60 heavy (non-hydrogen) atoms. The number of likely N-dealkylation sites (tertiary alicyclic amines) is 2. The highest BCUT2D eigenvalue weighted by Gasteiger charge is 2.35. The van der Waals surface area contributed by atoms with E-state index in [0.717, 1.165) is 62.5 Å². The molecule has 0 spiro atoms. The second-order valence-electron chi connectivity index (χ2n) is 17.2. The molecule has 4 aromatic rings. The smallest absolute Gasteiger partial charge is 0.410 e. The van der Waals surface area contributed by atoms with E-state index in [1.807, 2.05) is 41.5 Å². The highest BCUT2D eigenvalue weighted by atomic mass is 35.5. The van der Waals surface area contributed by atoms with Crippen LogP contribution < -0.4 is 4.74 Å². The number of aliphatic hydroxyl groups is 1. The molecule has 2 amide bonds. The van der Waals surface area contributed by atoms with Crippen LogP contribution in [0.15, 0.2) is 24.5 Å². The Hall–Kier alpha value is -3.67. The highest BCUT2D eigenvalue weighted by molar-refractivity contribution is 6.37. The van der Waals surface area contributed by atoms with Crippen LogP contribution >= 0.6 is 34.8 Å². The van der Waals surface area contributed by atoms with Crippen molar-refractivity contribution in [2.75, 3.05) is 52.6 Å². The predicted molar refractivity (Wildman–Crippen MR) is 230 cm³/mol. The number of carbonyl (C=O) groups is 2. The molecule has 2 unspecified atom stereocenters. The van der Waals surface area contributed by atoms with Crippen molar-refractivity contribution in [3.63, 3.8) is 0 Å². The minimum Gasteiger partial charge on any atom is -0.492 e. The lowest BCUT2D eigenvalue weighted by Gasteiger charge is -2.39. The molecule has 4 fully saturated rings. The Labute approximate surface area is 366 Å². The van der Waals surface area contributed by atoms with Crippen LogP contribution in [0.1, 0.15) is 99.9 Å². The summed E-state index contributed by atoms with van der Waals surface area (Å²) < 4.78 is 31.6. The Balaban J connectivity index is 0.000000187. The highest BCUT2D eigenvalue weighted by Crippen LogP contribution is 2.33. The van der Waals surface area contributed by atoms with E-state index in [1.165, 1.54) is 0 Å². The van der Waals surface area contributed by atoms with E-state index in [0.29, 0.717) is 65.2 Å². The fourth-order valence-electron chi connectivity index (χ4n) is 6.81. The third-order valence-corrected chi connectivity index (χ3v) is 10.5. The van der Waals surface area contributed by atoms with E-state index in [2.05, 4.69) is 20.2 Å². The monoisotopic (exact) mass is 896 g/mol. The molecule has 19 heteroatoms. The van der Waals surface area contributed by atoms with Crippen LogP contribution in [0.5, 0.6) is 5.75 Å². The van der Waals surface area contributed by atoms with Crippen molar-refractivity contribution in [1.82, 2.24) is 39.3 Å². The minimum absolute atomic E-state index is 0. The van der Waals surface area contributed by atoms with Crippen molar-refractivity contribution in [1.29, 1.82) is 0 Å². The predicted octanol–water partition coefficient (Wildman–Crippen LogP) is 8.95. The number of hydrogen-bond donors (Lipinski definition) is 1. The molecule has 4 aliphatic rings. The summed E-state index contributed by atoms with van der Waals surface area (Å²) in [6.07, 6.45) is 8.99. The Kier molecular flexibility index (Phi) is 16.2. The Morgan fingerprint density at radius 1 is 0.733 bits per heavy atom. The first-order valence-corrected chi connectivity index (χ1v) is 21.3. The van der Waals surface area contributed by atoms with Crippen molar-refractivity contribution in [3.8, 4) is 5.75 Å². The maximum Gasteiger partial charge on any atom is 0.410 e. The van der Waals surface area contributed by atoms with Crippen molar-refractivity contribution in [2.24, 2.45) is 11.8 Å². The molecule has 0 bridgehead atoms. The Morgan fingerprint density at radius 2 is 1.20 bits per heavy atom. The van der Waals surface area contributed by atoms with Gasteiger partial charge in [-0.1, -0.05) is 42.2 Å². The molecule has 0 saturated carbocycles. The van der Waals surface area contributed by atoms with Crippen LogP contribution in [0.3, 0.4) is 0 Å². The van der Waals surface area contributed by atoms with Crippen molar-refractivity contribution >= 4 is 69.1 Å². The maximum absolute atomic E-state index is 12.0. The summed E-state index contributed by atoms with van der Waals surface area (Å²) in [5.74, 6) is 1.14. The van der Waals surface area contributed by atoms with Crippen LogP contribution in [0, 0.1) is 11.8 Å². The zero-order valence-electron chi connectivity index (χ0n) is 34.5. The summed E-state index contributed by atoms with van der Waals surface area (Å²) in [5.41, 5.74) is 0.444. The fraction of sp³-hybridized carbons (Fsp3) is 0.659. The average Bonchev–Trinajstić information content (AvgIpc) is 3.75. The molecule has 0 aliphatic carbocycles. The lowest BCUT2D eigenvalue weighted by Crippen LogP contribution is -2.53. The van der Waals surface area contributed by atoms with Gasteiger partial charge in [-0.05, 0) is 86.1 Å². The molecule has 0 aromatic carbocycles. The van der Waals surface area contributed by atoms with Gasteiger partial charge >= 0.3 is 12.2 Å². The van der Waals surface area contributed by atoms with E-state index in [1.54, 1.807) is 43.7 Å². The SMILES string of the molecule is C.CC(C)(C)OC(=O)N1CC(CO)C1.CC(C)(C)OC(=O)N1CC(COc2cc(Cl)nc3c2cnn3C2CCCCO2)C1.Clc1cc(Cl)c2cnn(C3CCCCO3)c2n1. The number of ether oxygens (including phenoxy) is 5. The largest absolute Gasteiger partial charge is 0.492 e. The van der Waals surface area contributed by atoms with E-state index in [-0.39, 0.29) is 50.5 Å². The van der Waals surface area contributed by atoms with Crippen LogP contribution in [0.25, 0.3) is 22.1 Å². The summed E-state index contributed by atoms with van der Waals surface area (Å²) >= 11 is 18.2. The summed E-state index contributed by atoms with van der Waals surface area (Å²) in [4.78, 5) is 35.4. The third kappa shape index (κ3) is 12.5. The van der Waals surface area contributed by atoms with Gasteiger partial charge in [0.2, 0.25) is 0 Å². The number of rotatable bonds is 6. The van der Waals surface area contributed by atoms with Gasteiger partial charge in [0.05, 0.1) is 34.8 Å². The second-order valence-corrected chi connectivity index (χ2v) is 18.3. The lowest BCUT2D eigenvalue weighted by molar-refractivity contribution is -0.0371. The van der Waals surface area contributed by atoms with E-state index in [9.17, 15) is 9.59 Å². The van der Waals surface area contributed by atoms with Gasteiger partial charge in [0, 0.05) is 63.9 Å². The molecule has 16 nitrogen and oxygen atoms in total. The number of carbonyl (C=O) groups excluding carboxylic acids is 2. The summed E-state index contributed by atoms with van der Waals surface area (Å²) in [6.45, 7) is 15.7. The van der Waals surface area contributed by atoms with Crippen molar-refractivity contribution in [3.05, 3.63) is 39.9 Å². The number of hydrogen-bond acceptors (Lipinski definition) is 12. The molecule has 2 atom stereocenters. The van der Waals surface area contributed by atoms with Crippen molar-refractivity contribution < 1.29 is 38.4 Å². The number of aliphatic hydroxyl groups excluding tert-OH is 1. The maximum atomic E-state index is 12.0. The van der Waals surface area contributed by atoms with Gasteiger partial charge in [-0.2, -0.15) is 10.2 Å². The molecule has 4 aromatic heterocycles. The zero-order chi connectivity index (χ0) is 42.5. The van der Waals surface area contributed by atoms with Crippen molar-refractivity contribution in [2.45, 2.75) is 111 Å². The first-order valence-electron chi connectivity index (χ1n) is 20.1. The van der Waals surface area contributed by atoms with Gasteiger partial charge in [0.25, 0.3) is 0 Å². The molecule has 4 saturated heterocycles. The van der Waals surface area contributed by atoms with Crippen LogP contribution in [-0.2, 0) is 18.9 Å². The Morgan fingerprint density at radius 3 is 1.67 bits per heavy atom. The standard InChI is InChI=1S/C20H27ClN4O4.C11H11Cl2N3O.C9H17NO3.CH4/c1-20(2,3)29-19(26)24-10-13(11-24)12-28-15-8-16(21)23-18-14(15)9-22-25(18)17-6-4-5-7-27-17;12-8-5-9(13)15-11-7(8)6-14-16(11)10-3-1-2-4-17-10;1-9(2,3)13-8(12)10-4-7(5-10)6-11;/h8-9,13,17H,4-7,10-12H2,1-3H3;5-6,10H,1-4H2;7,11H,4-6H2,1-3H3;1H4. The number of amides is 2. The number of aromatic nitrogens is 6. The molecular formula is C41H59Cl3N8O8. The molecule has 4 aliphatic heterocycles. The molecular weight excluding hydrogens is 839 g/mol. The van der Waals surface area contributed by atoms with Gasteiger partial charge in [-0.3, -0.25) is 0 Å². The first kappa shape index (κ1) is 47.4. The normalized spacial score (nSPS) is 19.8. The van der Waals surface area contributed by atoms with Crippen LogP contribution in [0.2, 0.25) is 15.3 Å². The van der Waals surface area contributed by atoms with Crippen LogP contribution in [0.4, 0.5) is 9.59 Å².